The third kappa shape index (κ3) is 4.09. The van der Waals surface area contributed by atoms with E-state index in [2.05, 4.69) is 27.2 Å². The molecule has 0 amide bonds. The first-order chi connectivity index (χ1) is 13.1. The lowest BCUT2D eigenvalue weighted by molar-refractivity contribution is -0.118. The fourth-order valence-electron chi connectivity index (χ4n) is 3.36. The Morgan fingerprint density at radius 3 is 2.93 bits per heavy atom. The fourth-order valence-corrected chi connectivity index (χ4v) is 4.31. The summed E-state index contributed by atoms with van der Waals surface area (Å²) in [6, 6.07) is -0.337. The maximum Gasteiger partial charge on any atom is 0.191 e. The van der Waals surface area contributed by atoms with Gasteiger partial charge in [0.15, 0.2) is 21.5 Å². The molecule has 0 aliphatic heterocycles. The molecule has 1 N–H and O–H groups in total. The number of aromatic nitrogens is 5. The van der Waals surface area contributed by atoms with Gasteiger partial charge in [-0.25, -0.2) is 14.6 Å². The van der Waals surface area contributed by atoms with Gasteiger partial charge in [0.2, 0.25) is 0 Å². The molecule has 2 heterocycles. The Bertz CT molecular complexity index is 792. The summed E-state index contributed by atoms with van der Waals surface area (Å²) in [5.74, 6) is 0.385. The van der Waals surface area contributed by atoms with Gasteiger partial charge in [0, 0.05) is 12.9 Å². The molecule has 1 fully saturated rings. The molecule has 0 bridgehead atoms. The Hall–Kier alpha value is -1.33. The largest absolute Gasteiger partial charge is 0.394 e. The predicted octanol–water partition coefficient (Wildman–Crippen LogP) is 1.53. The van der Waals surface area contributed by atoms with Crippen molar-refractivity contribution in [2.45, 2.75) is 43.2 Å². The van der Waals surface area contributed by atoms with Gasteiger partial charge < -0.3 is 19.4 Å². The third-order valence-electron chi connectivity index (χ3n) is 4.53. The topological polar surface area (TPSA) is 112 Å². The van der Waals surface area contributed by atoms with Crippen molar-refractivity contribution in [2.24, 2.45) is 5.92 Å². The standard InChI is InChI=1S/C16H22ClN5O4S/c1-3-6-27-16-18-14(17)12-15(19-16)22(21-20-12)10-7-11(26-5-4-23)13(25-2)9(10)8-24/h8-11,13,23H,3-7H2,1-2H3. The van der Waals surface area contributed by atoms with Gasteiger partial charge in [-0.05, 0) is 12.8 Å². The molecule has 0 saturated heterocycles. The lowest BCUT2D eigenvalue weighted by Crippen LogP contribution is -2.32. The number of methoxy groups -OCH3 is 1. The van der Waals surface area contributed by atoms with Crippen molar-refractivity contribution in [3.8, 4) is 0 Å². The van der Waals surface area contributed by atoms with Gasteiger partial charge in [-0.1, -0.05) is 35.5 Å². The van der Waals surface area contributed by atoms with Crippen LogP contribution in [0.2, 0.25) is 5.15 Å². The fraction of sp³-hybridized carbons (Fsp3) is 0.688. The molecule has 0 aromatic carbocycles. The van der Waals surface area contributed by atoms with E-state index in [4.69, 9.17) is 26.2 Å². The predicted molar refractivity (Wildman–Crippen MR) is 100.0 cm³/mol. The minimum absolute atomic E-state index is 0.101. The highest BCUT2D eigenvalue weighted by atomic mass is 35.5. The maximum atomic E-state index is 11.8. The lowest BCUT2D eigenvalue weighted by atomic mass is 10.0. The number of carbonyl (C=O) groups is 1. The molecule has 1 aliphatic carbocycles. The van der Waals surface area contributed by atoms with E-state index in [0.717, 1.165) is 18.5 Å². The quantitative estimate of drug-likeness (QED) is 0.282. The maximum absolute atomic E-state index is 11.8. The molecule has 3 rings (SSSR count). The number of halogens is 1. The average Bonchev–Trinajstić information content (AvgIpc) is 3.25. The van der Waals surface area contributed by atoms with Crippen LogP contribution >= 0.6 is 23.4 Å². The van der Waals surface area contributed by atoms with Crippen molar-refractivity contribution >= 4 is 40.8 Å². The number of carbonyl (C=O) groups excluding carboxylic acids is 1. The SMILES string of the molecule is CCCSc1nc(Cl)c2nnn(C3CC(OCCO)C(OC)C3C=O)c2n1. The molecule has 0 spiro atoms. The minimum Gasteiger partial charge on any atom is -0.394 e. The van der Waals surface area contributed by atoms with Gasteiger partial charge in [0.1, 0.15) is 6.29 Å². The van der Waals surface area contributed by atoms with Gasteiger partial charge in [-0.15, -0.1) is 5.10 Å². The van der Waals surface area contributed by atoms with Gasteiger partial charge in [0.05, 0.1) is 37.4 Å². The van der Waals surface area contributed by atoms with E-state index in [-0.39, 0.29) is 30.5 Å². The number of hydrogen-bond donors (Lipinski definition) is 1. The second-order valence-electron chi connectivity index (χ2n) is 6.20. The van der Waals surface area contributed by atoms with Crippen molar-refractivity contribution in [1.29, 1.82) is 0 Å². The molecule has 148 valence electrons. The number of ether oxygens (including phenoxy) is 2. The second-order valence-corrected chi connectivity index (χ2v) is 7.62. The van der Waals surface area contributed by atoms with E-state index in [1.165, 1.54) is 18.9 Å². The summed E-state index contributed by atoms with van der Waals surface area (Å²) in [5.41, 5.74) is 0.888. The van der Waals surface area contributed by atoms with Crippen molar-refractivity contribution in [3.05, 3.63) is 5.15 Å². The van der Waals surface area contributed by atoms with Crippen LogP contribution in [0.25, 0.3) is 11.2 Å². The zero-order valence-electron chi connectivity index (χ0n) is 15.1. The first-order valence-corrected chi connectivity index (χ1v) is 10.1. The van der Waals surface area contributed by atoms with Crippen LogP contribution in [0, 0.1) is 5.92 Å². The van der Waals surface area contributed by atoms with Crippen molar-refractivity contribution < 1.29 is 19.4 Å². The zero-order valence-corrected chi connectivity index (χ0v) is 16.7. The molecule has 1 saturated carbocycles. The van der Waals surface area contributed by atoms with Crippen LogP contribution in [-0.4, -0.2) is 74.6 Å². The first kappa shape index (κ1) is 20.4. The molecule has 9 nitrogen and oxygen atoms in total. The molecule has 2 aromatic heterocycles. The summed E-state index contributed by atoms with van der Waals surface area (Å²) < 4.78 is 12.8. The molecular weight excluding hydrogens is 394 g/mol. The number of nitrogens with zero attached hydrogens (tertiary/aromatic N) is 5. The third-order valence-corrected chi connectivity index (χ3v) is 5.84. The average molecular weight is 416 g/mol. The number of hydrogen-bond acceptors (Lipinski definition) is 9. The Morgan fingerprint density at radius 1 is 1.44 bits per heavy atom. The Morgan fingerprint density at radius 2 is 2.26 bits per heavy atom. The first-order valence-electron chi connectivity index (χ1n) is 8.76. The van der Waals surface area contributed by atoms with Gasteiger partial charge >= 0.3 is 0 Å². The zero-order chi connectivity index (χ0) is 19.4. The van der Waals surface area contributed by atoms with Crippen LogP contribution in [0.5, 0.6) is 0 Å². The highest BCUT2D eigenvalue weighted by molar-refractivity contribution is 7.99. The molecule has 11 heteroatoms. The number of aliphatic hydroxyl groups excluding tert-OH is 1. The summed E-state index contributed by atoms with van der Waals surface area (Å²) >= 11 is 7.76. The Kier molecular flexibility index (Phi) is 6.99. The normalized spacial score (nSPS) is 25.3. The Balaban J connectivity index is 1.97. The summed E-state index contributed by atoms with van der Waals surface area (Å²) in [6.45, 7) is 2.15. The van der Waals surface area contributed by atoms with E-state index in [1.54, 1.807) is 4.68 Å². The number of aldehydes is 1. The molecule has 1 aliphatic rings. The number of fused-ring (bicyclic) bond motifs is 1. The van der Waals surface area contributed by atoms with Crippen LogP contribution in [-0.2, 0) is 14.3 Å². The van der Waals surface area contributed by atoms with Crippen LogP contribution in [0.1, 0.15) is 25.8 Å². The second kappa shape index (κ2) is 9.24. The summed E-state index contributed by atoms with van der Waals surface area (Å²) in [5, 5.41) is 18.1. The van der Waals surface area contributed by atoms with E-state index < -0.39 is 12.0 Å². The van der Waals surface area contributed by atoms with E-state index >= 15 is 0 Å². The summed E-state index contributed by atoms with van der Waals surface area (Å²) in [7, 11) is 1.54. The van der Waals surface area contributed by atoms with Crippen LogP contribution in [0.15, 0.2) is 5.16 Å². The molecule has 27 heavy (non-hydrogen) atoms. The highest BCUT2D eigenvalue weighted by Gasteiger charge is 2.46. The van der Waals surface area contributed by atoms with Gasteiger partial charge in [-0.2, -0.15) is 0 Å². The number of aliphatic hydroxyl groups is 1. The summed E-state index contributed by atoms with van der Waals surface area (Å²) in [4.78, 5) is 20.6. The van der Waals surface area contributed by atoms with Crippen molar-refractivity contribution in [3.63, 3.8) is 0 Å². The molecule has 4 unspecified atom stereocenters. The Labute approximate surface area is 165 Å². The van der Waals surface area contributed by atoms with Crippen LogP contribution in [0.4, 0.5) is 0 Å². The smallest absolute Gasteiger partial charge is 0.191 e. The summed E-state index contributed by atoms with van der Waals surface area (Å²) in [6.07, 6.45) is 1.54. The monoisotopic (exact) mass is 415 g/mol. The molecular formula is C16H22ClN5O4S. The van der Waals surface area contributed by atoms with Crippen molar-refractivity contribution in [2.75, 3.05) is 26.1 Å². The highest BCUT2D eigenvalue weighted by Crippen LogP contribution is 2.39. The van der Waals surface area contributed by atoms with Gasteiger partial charge in [-0.3, -0.25) is 0 Å². The van der Waals surface area contributed by atoms with Crippen LogP contribution in [0.3, 0.4) is 0 Å². The molecule has 0 radical (unpaired) electrons. The number of rotatable bonds is 9. The van der Waals surface area contributed by atoms with Gasteiger partial charge in [0.25, 0.3) is 0 Å². The van der Waals surface area contributed by atoms with Crippen LogP contribution < -0.4 is 0 Å². The van der Waals surface area contributed by atoms with E-state index in [9.17, 15) is 4.79 Å². The molecule has 4 atom stereocenters. The molecule has 2 aromatic rings. The lowest BCUT2D eigenvalue weighted by Gasteiger charge is -2.21. The minimum atomic E-state index is -0.482. The van der Waals surface area contributed by atoms with E-state index in [1.807, 2.05) is 0 Å². The van der Waals surface area contributed by atoms with E-state index in [0.29, 0.717) is 22.7 Å². The number of thioether (sulfide) groups is 1. The van der Waals surface area contributed by atoms with Crippen molar-refractivity contribution in [1.82, 2.24) is 25.0 Å².